The highest BCUT2D eigenvalue weighted by Gasteiger charge is 2.43. The van der Waals surface area contributed by atoms with Crippen LogP contribution in [0.1, 0.15) is 11.1 Å². The number of carbonyl (C=O) groups is 2. The van der Waals surface area contributed by atoms with E-state index in [1.807, 2.05) is 23.9 Å². The zero-order valence-electron chi connectivity index (χ0n) is 29.5. The molecule has 9 rings (SSSR count). The second kappa shape index (κ2) is 15.0. The zero-order chi connectivity index (χ0) is 35.4. The number of Topliss-reactive ketones (excluding diaryl/α,β-unsaturated/α-hetero) is 1. The van der Waals surface area contributed by atoms with Crippen molar-refractivity contribution in [2.24, 2.45) is 0 Å². The van der Waals surface area contributed by atoms with Crippen molar-refractivity contribution in [3.05, 3.63) is 174 Å². The van der Waals surface area contributed by atoms with Crippen LogP contribution in [0, 0.1) is 13.8 Å². The summed E-state index contributed by atoms with van der Waals surface area (Å²) >= 11 is 0. The molecular weight excluding hydrogens is 644 g/mol. The molecule has 3 heterocycles. The molecule has 0 bridgehead atoms. The highest BCUT2D eigenvalue weighted by Crippen LogP contribution is 2.34. The number of benzene rings is 5. The first kappa shape index (κ1) is 34.3. The summed E-state index contributed by atoms with van der Waals surface area (Å²) in [4.78, 5) is 30.5. The van der Waals surface area contributed by atoms with E-state index in [-0.39, 0.29) is 11.6 Å². The highest BCUT2D eigenvalue weighted by atomic mass is 31.0. The van der Waals surface area contributed by atoms with Crippen molar-refractivity contribution in [1.82, 2.24) is 14.7 Å². The maximum atomic E-state index is 12.4. The summed E-state index contributed by atoms with van der Waals surface area (Å²) < 4.78 is 0. The minimum atomic E-state index is -1.22. The first-order chi connectivity index (χ1) is 24.9. The van der Waals surface area contributed by atoms with Gasteiger partial charge in [-0.25, -0.2) is 0 Å². The van der Waals surface area contributed by atoms with E-state index in [1.165, 1.54) is 44.4 Å². The number of hydrogen-bond donors (Lipinski definition) is 0. The Morgan fingerprint density at radius 3 is 1.24 bits per heavy atom. The third-order valence-electron chi connectivity index (χ3n) is 10.4. The van der Waals surface area contributed by atoms with Crippen molar-refractivity contribution in [1.29, 1.82) is 0 Å². The molecule has 5 nitrogen and oxygen atoms in total. The Hall–Kier alpha value is -5.19. The largest absolute Gasteiger partial charge is 0.365 e. The van der Waals surface area contributed by atoms with Gasteiger partial charge in [0.25, 0.3) is 0 Å². The van der Waals surface area contributed by atoms with Crippen LogP contribution in [0.4, 0.5) is 0 Å². The van der Waals surface area contributed by atoms with Gasteiger partial charge in [-0.2, -0.15) is 21.9 Å². The number of rotatable bonds is 7. The molecule has 1 unspecified atom stereocenters. The average Bonchev–Trinajstić information content (AvgIpc) is 4.01. The van der Waals surface area contributed by atoms with Crippen LogP contribution in [0.25, 0.3) is 0 Å². The standard InChI is InChI=1S/C24H20B.C12H13N3O2.C8H11P/c1-5-13-21(14-6-1)25(22-15-7-2-8-16-22,23-17-9-3-10-18-23)24-19-11-4-12-20-24;16-9-7-8(13-1-2-13)12(17)11(15-5-6-15)10(9)14-3-4-14;1-6-4-3-5-8(9)7(6)2/h1-20H;7H,1-6H2;3-5H,9H2,1-2H3/q-1;;/p+1. The Morgan fingerprint density at radius 2 is 0.882 bits per heavy atom. The third kappa shape index (κ3) is 7.34. The second-order valence-electron chi connectivity index (χ2n) is 13.7. The predicted molar refractivity (Wildman–Crippen MR) is 217 cm³/mol. The molecule has 5 aromatic rings. The van der Waals surface area contributed by atoms with Gasteiger partial charge in [-0.3, -0.25) is 9.59 Å². The van der Waals surface area contributed by atoms with E-state index < -0.39 is 6.15 Å². The molecule has 0 spiro atoms. The summed E-state index contributed by atoms with van der Waals surface area (Å²) in [7, 11) is 1.95. The quantitative estimate of drug-likeness (QED) is 0.113. The van der Waals surface area contributed by atoms with Crippen LogP contribution in [0.2, 0.25) is 0 Å². The van der Waals surface area contributed by atoms with Crippen molar-refractivity contribution in [3.63, 3.8) is 0 Å². The molecule has 3 saturated heterocycles. The topological polar surface area (TPSA) is 43.2 Å². The van der Waals surface area contributed by atoms with Crippen LogP contribution in [0.3, 0.4) is 0 Å². The van der Waals surface area contributed by atoms with Crippen LogP contribution in [-0.4, -0.2) is 71.7 Å². The zero-order valence-corrected chi connectivity index (χ0v) is 31.0. The number of ketones is 2. The van der Waals surface area contributed by atoms with Crippen molar-refractivity contribution in [3.8, 4) is 0 Å². The molecule has 1 atom stereocenters. The Bertz CT molecular complexity index is 1890. The van der Waals surface area contributed by atoms with Gasteiger partial charge in [-0.1, -0.05) is 133 Å². The summed E-state index contributed by atoms with van der Waals surface area (Å²) in [6, 6.07) is 49.9. The van der Waals surface area contributed by atoms with E-state index in [4.69, 9.17) is 0 Å². The van der Waals surface area contributed by atoms with E-state index in [0.717, 1.165) is 39.3 Å². The minimum Gasteiger partial charge on any atom is -0.365 e. The van der Waals surface area contributed by atoms with Crippen molar-refractivity contribution in [2.45, 2.75) is 13.8 Å². The van der Waals surface area contributed by atoms with Crippen LogP contribution < -0.4 is 27.2 Å². The molecular formula is C44H45BN3O2P. The summed E-state index contributed by atoms with van der Waals surface area (Å²) in [5.41, 5.74) is 10.1. The molecule has 5 aromatic carbocycles. The van der Waals surface area contributed by atoms with Gasteiger partial charge in [0.05, 0.1) is 11.0 Å². The van der Waals surface area contributed by atoms with Gasteiger partial charge < -0.3 is 14.7 Å². The predicted octanol–water partition coefficient (Wildman–Crippen LogP) is 3.78. The van der Waals surface area contributed by atoms with Crippen molar-refractivity contribution in [2.75, 3.05) is 39.3 Å². The Kier molecular flexibility index (Phi) is 10.1. The SMILES string of the molecule is Cc1cccc([PH3+])c1C.O=C1C=C(N2CC2)C(=O)C(N2CC2)=C1N1CC1.c1ccc([B-](c2ccccc2)(c2ccccc2)c2ccccc2)cc1. The molecule has 3 aliphatic heterocycles. The molecule has 0 N–H and O–H groups in total. The van der Waals surface area contributed by atoms with Crippen molar-refractivity contribution < 1.29 is 9.59 Å². The molecule has 1 aliphatic carbocycles. The van der Waals surface area contributed by atoms with Gasteiger partial charge in [0.15, 0.2) is 0 Å². The van der Waals surface area contributed by atoms with E-state index in [1.54, 1.807) is 0 Å². The highest BCUT2D eigenvalue weighted by molar-refractivity contribution is 7.27. The normalized spacial score (nSPS) is 16.1. The summed E-state index contributed by atoms with van der Waals surface area (Å²) in [5, 5.41) is 1.41. The smallest absolute Gasteiger partial charge is 0.227 e. The number of nitrogens with zero attached hydrogens (tertiary/aromatic N) is 3. The lowest BCUT2D eigenvalue weighted by atomic mass is 9.13. The molecule has 0 amide bonds. The molecule has 3 fully saturated rings. The minimum absolute atomic E-state index is 0.00546. The van der Waals surface area contributed by atoms with Gasteiger partial charge in [-0.15, -0.1) is 0 Å². The molecule has 0 aromatic heterocycles. The second-order valence-corrected chi connectivity index (χ2v) is 14.5. The maximum Gasteiger partial charge on any atom is 0.227 e. The lowest BCUT2D eigenvalue weighted by molar-refractivity contribution is -0.117. The molecule has 256 valence electrons. The fourth-order valence-corrected chi connectivity index (χ4v) is 7.62. The fourth-order valence-electron chi connectivity index (χ4n) is 7.21. The lowest BCUT2D eigenvalue weighted by Crippen LogP contribution is -2.74. The van der Waals surface area contributed by atoms with Crippen molar-refractivity contribution >= 4 is 54.1 Å². The van der Waals surface area contributed by atoms with Crippen LogP contribution in [0.5, 0.6) is 0 Å². The van der Waals surface area contributed by atoms with Gasteiger partial charge in [0.1, 0.15) is 17.5 Å². The Labute approximate surface area is 304 Å². The Morgan fingerprint density at radius 1 is 0.490 bits per heavy atom. The number of carbonyl (C=O) groups excluding carboxylic acids is 2. The van der Waals surface area contributed by atoms with E-state index >= 15 is 0 Å². The third-order valence-corrected chi connectivity index (χ3v) is 11.2. The number of allylic oxidation sites excluding steroid dienone is 1. The lowest BCUT2D eigenvalue weighted by Gasteiger charge is -2.44. The fraction of sp³-hybridized carbons (Fsp3) is 0.182. The maximum absolute atomic E-state index is 12.4. The molecule has 51 heavy (non-hydrogen) atoms. The van der Waals surface area contributed by atoms with Crippen LogP contribution in [0.15, 0.2) is 163 Å². The summed E-state index contributed by atoms with van der Waals surface area (Å²) in [6.45, 7) is 9.72. The Balaban J connectivity index is 0.000000134. The van der Waals surface area contributed by atoms with E-state index in [9.17, 15) is 9.59 Å². The molecule has 4 aliphatic rings. The molecule has 7 heteroatoms. The van der Waals surface area contributed by atoms with Crippen LogP contribution >= 0.6 is 9.24 Å². The van der Waals surface area contributed by atoms with E-state index in [0.29, 0.717) is 17.1 Å². The van der Waals surface area contributed by atoms with Gasteiger partial charge in [0.2, 0.25) is 11.6 Å². The van der Waals surface area contributed by atoms with E-state index in [2.05, 4.69) is 153 Å². The monoisotopic (exact) mass is 689 g/mol. The van der Waals surface area contributed by atoms with Gasteiger partial charge in [0, 0.05) is 54.6 Å². The summed E-state index contributed by atoms with van der Waals surface area (Å²) in [5.74, 6) is 0.0485. The number of hydrogen-bond acceptors (Lipinski definition) is 5. The average molecular weight is 690 g/mol. The molecule has 0 saturated carbocycles. The molecule has 0 radical (unpaired) electrons. The van der Waals surface area contributed by atoms with Gasteiger partial charge in [-0.05, 0) is 31.0 Å². The van der Waals surface area contributed by atoms with Gasteiger partial charge >= 0.3 is 0 Å². The summed E-state index contributed by atoms with van der Waals surface area (Å²) in [6.07, 6.45) is 0.308. The van der Waals surface area contributed by atoms with Crippen LogP contribution in [-0.2, 0) is 9.59 Å². The number of aryl methyl sites for hydroxylation is 1. The first-order valence-electron chi connectivity index (χ1n) is 17.9. The first-order valence-corrected chi connectivity index (χ1v) is 18.7.